The summed E-state index contributed by atoms with van der Waals surface area (Å²) < 4.78 is 16.4. The topological polar surface area (TPSA) is 133 Å². The van der Waals surface area contributed by atoms with E-state index in [4.69, 9.17) is 0 Å². The van der Waals surface area contributed by atoms with Gasteiger partial charge in [-0.2, -0.15) is 0 Å². The van der Waals surface area contributed by atoms with Crippen molar-refractivity contribution in [2.75, 3.05) is 29.9 Å². The molecule has 0 radical (unpaired) electrons. The number of nitrogens with zero attached hydrogens (tertiary/aromatic N) is 5. The van der Waals surface area contributed by atoms with Crippen molar-refractivity contribution in [3.8, 4) is 22.4 Å². The number of benzene rings is 1. The zero-order valence-corrected chi connectivity index (χ0v) is 21.8. The van der Waals surface area contributed by atoms with Crippen LogP contribution < -0.4 is 34.4 Å². The Morgan fingerprint density at radius 3 is 2.55 bits per heavy atom. The van der Waals surface area contributed by atoms with Gasteiger partial charge in [0.15, 0.2) is 10.9 Å². The molecular formula is C25H25FLiN7O3S. The predicted octanol–water partition coefficient (Wildman–Crippen LogP) is 1.51. The van der Waals surface area contributed by atoms with Crippen molar-refractivity contribution in [1.82, 2.24) is 25.3 Å². The summed E-state index contributed by atoms with van der Waals surface area (Å²) in [6, 6.07) is 6.75. The second kappa shape index (κ2) is 11.9. The molecule has 3 aromatic heterocycles. The van der Waals surface area contributed by atoms with E-state index < -0.39 is 17.8 Å². The minimum absolute atomic E-state index is 0. The fourth-order valence-corrected chi connectivity index (χ4v) is 5.26. The van der Waals surface area contributed by atoms with Gasteiger partial charge in [-0.15, -0.1) is 0 Å². The van der Waals surface area contributed by atoms with E-state index in [1.807, 2.05) is 17.0 Å². The van der Waals surface area contributed by atoms with Crippen LogP contribution in [0.1, 0.15) is 21.2 Å². The number of hydrogen-bond acceptors (Lipinski definition) is 8. The Bertz CT molecular complexity index is 1450. The van der Waals surface area contributed by atoms with E-state index >= 15 is 4.39 Å². The standard InChI is InChI=1S/C25H24FN7O3S.Li.H/c1-2-27-24(36)32-25-31-20-19(26)16(11-17(21(20)37-25)18-5-3-4-8-28-18)15-12-29-23(30-13-15)33-9-6-14(7-10-33)22(34)35;;/h3-5,8,11-14H,2,6-7,9-10H2,1H3,(H,34,35)(H2,27,31,32,36);;/q;+1;-1. The molecule has 1 saturated heterocycles. The number of carbonyl (C=O) groups excluding carboxylic acids is 1. The first-order valence-electron chi connectivity index (χ1n) is 11.8. The van der Waals surface area contributed by atoms with Crippen LogP contribution in [0.3, 0.4) is 0 Å². The first-order chi connectivity index (χ1) is 17.9. The van der Waals surface area contributed by atoms with Crippen molar-refractivity contribution >= 4 is 44.6 Å². The van der Waals surface area contributed by atoms with Gasteiger partial charge in [-0.1, -0.05) is 17.4 Å². The Hall–Kier alpha value is -3.59. The van der Waals surface area contributed by atoms with Crippen molar-refractivity contribution in [1.29, 1.82) is 0 Å². The molecule has 4 heterocycles. The average Bonchev–Trinajstić information content (AvgIpc) is 3.34. The molecule has 0 bridgehead atoms. The van der Waals surface area contributed by atoms with Crippen LogP contribution >= 0.6 is 11.3 Å². The first kappa shape index (κ1) is 27.4. The molecule has 4 aromatic rings. The molecule has 13 heteroatoms. The van der Waals surface area contributed by atoms with Crippen LogP contribution in [0, 0.1) is 11.7 Å². The summed E-state index contributed by atoms with van der Waals surface area (Å²) in [5, 5.41) is 14.8. The van der Waals surface area contributed by atoms with Gasteiger partial charge in [-0.3, -0.25) is 15.1 Å². The molecule has 1 aliphatic heterocycles. The molecule has 0 unspecified atom stereocenters. The maximum atomic E-state index is 15.8. The number of pyridine rings is 1. The van der Waals surface area contributed by atoms with Gasteiger partial charge < -0.3 is 16.7 Å². The van der Waals surface area contributed by atoms with E-state index in [2.05, 4.69) is 30.6 Å². The first-order valence-corrected chi connectivity index (χ1v) is 12.7. The average molecular weight is 530 g/mol. The maximum Gasteiger partial charge on any atom is 1.00 e. The zero-order valence-electron chi connectivity index (χ0n) is 21.9. The minimum Gasteiger partial charge on any atom is -1.00 e. The number of rotatable bonds is 6. The number of halogens is 1. The molecule has 1 aliphatic rings. The van der Waals surface area contributed by atoms with Gasteiger partial charge in [-0.25, -0.2) is 24.1 Å². The quantitative estimate of drug-likeness (QED) is 0.320. The number of aliphatic carboxylic acids is 1. The van der Waals surface area contributed by atoms with Crippen LogP contribution in [0.2, 0.25) is 0 Å². The van der Waals surface area contributed by atoms with Crippen LogP contribution in [-0.4, -0.2) is 56.7 Å². The van der Waals surface area contributed by atoms with Crippen molar-refractivity contribution < 1.29 is 39.4 Å². The number of carbonyl (C=O) groups is 2. The third kappa shape index (κ3) is 5.62. The molecule has 5 rings (SSSR count). The molecule has 38 heavy (non-hydrogen) atoms. The number of carboxylic acids is 1. The van der Waals surface area contributed by atoms with E-state index in [0.717, 1.165) is 0 Å². The number of piperidine rings is 1. The van der Waals surface area contributed by atoms with E-state index in [1.165, 1.54) is 11.3 Å². The number of fused-ring (bicyclic) bond motifs is 1. The van der Waals surface area contributed by atoms with Gasteiger partial charge in [0.05, 0.1) is 16.3 Å². The number of hydrogen-bond donors (Lipinski definition) is 3. The minimum atomic E-state index is -0.781. The Morgan fingerprint density at radius 1 is 1.18 bits per heavy atom. The summed E-state index contributed by atoms with van der Waals surface area (Å²) in [7, 11) is 0. The molecule has 1 fully saturated rings. The molecule has 3 N–H and O–H groups in total. The number of carboxylic acid groups (broad SMARTS) is 1. The van der Waals surface area contributed by atoms with E-state index in [1.54, 1.807) is 37.6 Å². The Morgan fingerprint density at radius 2 is 1.92 bits per heavy atom. The maximum absolute atomic E-state index is 15.8. The van der Waals surface area contributed by atoms with Crippen LogP contribution in [0.4, 0.5) is 20.3 Å². The van der Waals surface area contributed by atoms with Crippen LogP contribution in [0.25, 0.3) is 32.6 Å². The van der Waals surface area contributed by atoms with Gasteiger partial charge in [-0.05, 0) is 38.0 Å². The summed E-state index contributed by atoms with van der Waals surface area (Å²) >= 11 is 1.17. The summed E-state index contributed by atoms with van der Waals surface area (Å²) in [4.78, 5) is 42.9. The van der Waals surface area contributed by atoms with Gasteiger partial charge in [0, 0.05) is 54.9 Å². The number of anilines is 2. The third-order valence-corrected chi connectivity index (χ3v) is 7.18. The number of amides is 2. The third-order valence-electron chi connectivity index (χ3n) is 6.18. The van der Waals surface area contributed by atoms with Crippen LogP contribution in [-0.2, 0) is 4.79 Å². The fraction of sp³-hybridized carbons (Fsp3) is 0.280. The molecule has 10 nitrogen and oxygen atoms in total. The monoisotopic (exact) mass is 529 g/mol. The normalized spacial score (nSPS) is 13.7. The summed E-state index contributed by atoms with van der Waals surface area (Å²) in [6.45, 7) is 3.33. The molecule has 0 spiro atoms. The van der Waals surface area contributed by atoms with E-state index in [0.29, 0.717) is 59.9 Å². The summed E-state index contributed by atoms with van der Waals surface area (Å²) in [6.07, 6.45) is 5.81. The van der Waals surface area contributed by atoms with Crippen molar-refractivity contribution in [3.63, 3.8) is 0 Å². The number of nitrogens with one attached hydrogen (secondary N) is 2. The van der Waals surface area contributed by atoms with Crippen LogP contribution in [0.5, 0.6) is 0 Å². The SMILES string of the molecule is CCNC(=O)Nc1nc2c(F)c(-c3cnc(N4CCC(C(=O)O)CC4)nc3)cc(-c3ccccn3)c2s1.[H-].[Li+]. The number of urea groups is 1. The zero-order chi connectivity index (χ0) is 25.9. The summed E-state index contributed by atoms with van der Waals surface area (Å²) in [5.74, 6) is -1.21. The van der Waals surface area contributed by atoms with E-state index in [9.17, 15) is 14.7 Å². The second-order valence-corrected chi connectivity index (χ2v) is 9.55. The molecule has 0 atom stereocenters. The Balaban J connectivity index is 0.00000210. The molecule has 0 saturated carbocycles. The van der Waals surface area contributed by atoms with Crippen LogP contribution in [0.15, 0.2) is 42.9 Å². The van der Waals surface area contributed by atoms with Gasteiger partial charge in [0.2, 0.25) is 5.95 Å². The van der Waals surface area contributed by atoms with Gasteiger partial charge >= 0.3 is 30.9 Å². The van der Waals surface area contributed by atoms with Crippen molar-refractivity contribution in [2.45, 2.75) is 19.8 Å². The van der Waals surface area contributed by atoms with Gasteiger partial charge in [0.25, 0.3) is 0 Å². The second-order valence-electron chi connectivity index (χ2n) is 8.55. The van der Waals surface area contributed by atoms with Crippen molar-refractivity contribution in [2.24, 2.45) is 5.92 Å². The Kier molecular flexibility index (Phi) is 8.56. The van der Waals surface area contributed by atoms with E-state index in [-0.39, 0.29) is 42.4 Å². The van der Waals surface area contributed by atoms with Gasteiger partial charge in [0.1, 0.15) is 5.52 Å². The largest absolute Gasteiger partial charge is 1.00 e. The number of aromatic nitrogens is 4. The smallest absolute Gasteiger partial charge is 1.00 e. The van der Waals surface area contributed by atoms with Crippen molar-refractivity contribution in [3.05, 3.63) is 48.7 Å². The predicted molar refractivity (Wildman–Crippen MR) is 140 cm³/mol. The molecule has 0 aliphatic carbocycles. The molecular weight excluding hydrogens is 504 g/mol. The summed E-state index contributed by atoms with van der Waals surface area (Å²) in [5.41, 5.74) is 2.16. The molecule has 1 aromatic carbocycles. The fourth-order valence-electron chi connectivity index (χ4n) is 4.28. The number of thiazole rings is 1. The molecule has 192 valence electrons. The Labute approximate surface area is 235 Å². The molecule has 2 amide bonds.